The fourth-order valence-corrected chi connectivity index (χ4v) is 2.23. The first-order valence-corrected chi connectivity index (χ1v) is 6.37. The van der Waals surface area contributed by atoms with Crippen LogP contribution in [-0.4, -0.2) is 28.8 Å². The Balaban J connectivity index is 2.15. The highest BCUT2D eigenvalue weighted by atomic mass is 32.1. The summed E-state index contributed by atoms with van der Waals surface area (Å²) in [5.41, 5.74) is -0.189. The van der Waals surface area contributed by atoms with Crippen molar-refractivity contribution in [3.8, 4) is 0 Å². The number of thiophene rings is 1. The van der Waals surface area contributed by atoms with Crippen molar-refractivity contribution in [3.05, 3.63) is 45.2 Å². The maximum atomic E-state index is 11.9. The Bertz CT molecular complexity index is 719. The number of hydrogen-bond acceptors (Lipinski definition) is 6. The lowest BCUT2D eigenvalue weighted by Crippen LogP contribution is -2.23. The number of nitrogens with one attached hydrogen (secondary N) is 1. The van der Waals surface area contributed by atoms with Gasteiger partial charge in [-0.05, 0) is 18.2 Å². The molecule has 0 aliphatic rings. The third kappa shape index (κ3) is 2.91. The number of ether oxygens (including phenoxy) is 1. The minimum atomic E-state index is -0.462. The summed E-state index contributed by atoms with van der Waals surface area (Å²) in [6.45, 7) is 0. The monoisotopic (exact) mass is 293 g/mol. The molecule has 1 amide bonds. The van der Waals surface area contributed by atoms with Crippen molar-refractivity contribution >= 4 is 28.2 Å². The molecule has 104 valence electrons. The number of amides is 1. The van der Waals surface area contributed by atoms with Crippen LogP contribution in [0.25, 0.3) is 0 Å². The fraction of sp³-hybridized carbons (Fsp3) is 0.167. The van der Waals surface area contributed by atoms with Crippen LogP contribution in [0.15, 0.2) is 29.1 Å². The molecule has 2 aromatic heterocycles. The van der Waals surface area contributed by atoms with Crippen LogP contribution < -0.4 is 10.9 Å². The standard InChI is InChI=1S/C12H11N3O4S/c1-15-10(16)6-3-7(14-15)11(17)13-9-5-4-8(20-9)12(18)19-2/h3-6H,1-2H3,(H,13,17). The number of nitrogens with zero attached hydrogens (tertiary/aromatic N) is 2. The zero-order valence-electron chi connectivity index (χ0n) is 10.7. The van der Waals surface area contributed by atoms with E-state index in [1.807, 2.05) is 0 Å². The van der Waals surface area contributed by atoms with Crippen molar-refractivity contribution in [2.75, 3.05) is 12.4 Å². The molecule has 0 radical (unpaired) electrons. The third-order valence-electron chi connectivity index (χ3n) is 2.42. The molecule has 0 spiro atoms. The Morgan fingerprint density at radius 2 is 2.05 bits per heavy atom. The molecule has 0 unspecified atom stereocenters. The molecule has 2 aromatic rings. The van der Waals surface area contributed by atoms with Crippen molar-refractivity contribution in [3.63, 3.8) is 0 Å². The first kappa shape index (κ1) is 13.9. The smallest absolute Gasteiger partial charge is 0.348 e. The second-order valence-corrected chi connectivity index (χ2v) is 4.87. The normalized spacial score (nSPS) is 10.1. The first-order valence-electron chi connectivity index (χ1n) is 5.55. The van der Waals surface area contributed by atoms with Crippen LogP contribution in [0.5, 0.6) is 0 Å². The highest BCUT2D eigenvalue weighted by Crippen LogP contribution is 2.22. The topological polar surface area (TPSA) is 90.3 Å². The predicted molar refractivity (Wildman–Crippen MR) is 73.1 cm³/mol. The average molecular weight is 293 g/mol. The van der Waals surface area contributed by atoms with Gasteiger partial charge in [0.1, 0.15) is 10.6 Å². The molecule has 0 aliphatic carbocycles. The van der Waals surface area contributed by atoms with E-state index in [-0.39, 0.29) is 11.3 Å². The van der Waals surface area contributed by atoms with Gasteiger partial charge in [0.25, 0.3) is 11.5 Å². The largest absolute Gasteiger partial charge is 0.465 e. The summed E-state index contributed by atoms with van der Waals surface area (Å²) in [6, 6.07) is 5.75. The molecule has 0 aliphatic heterocycles. The summed E-state index contributed by atoms with van der Waals surface area (Å²) in [5, 5.41) is 6.92. The Hall–Kier alpha value is -2.48. The number of aromatic nitrogens is 2. The molecule has 0 saturated carbocycles. The fourth-order valence-electron chi connectivity index (χ4n) is 1.41. The average Bonchev–Trinajstić information content (AvgIpc) is 2.89. The summed E-state index contributed by atoms with van der Waals surface area (Å²) in [5.74, 6) is -0.922. The minimum Gasteiger partial charge on any atom is -0.465 e. The van der Waals surface area contributed by atoms with Crippen molar-refractivity contribution in [2.24, 2.45) is 7.05 Å². The van der Waals surface area contributed by atoms with Crippen LogP contribution in [0.3, 0.4) is 0 Å². The van der Waals surface area contributed by atoms with Gasteiger partial charge in [-0.3, -0.25) is 9.59 Å². The van der Waals surface area contributed by atoms with E-state index >= 15 is 0 Å². The second kappa shape index (κ2) is 5.66. The van der Waals surface area contributed by atoms with Crippen LogP contribution in [-0.2, 0) is 11.8 Å². The van der Waals surface area contributed by atoms with Crippen molar-refractivity contribution in [1.29, 1.82) is 0 Å². The van der Waals surface area contributed by atoms with E-state index < -0.39 is 11.9 Å². The molecule has 2 heterocycles. The molecule has 8 heteroatoms. The Labute approximate surface area is 117 Å². The van der Waals surface area contributed by atoms with E-state index in [2.05, 4.69) is 15.2 Å². The molecule has 20 heavy (non-hydrogen) atoms. The molecular formula is C12H11N3O4S. The van der Waals surface area contributed by atoms with E-state index in [4.69, 9.17) is 0 Å². The lowest BCUT2D eigenvalue weighted by Gasteiger charge is -2.02. The molecule has 0 aromatic carbocycles. The predicted octanol–water partition coefficient (Wildman–Crippen LogP) is 0.881. The van der Waals surface area contributed by atoms with Gasteiger partial charge in [-0.15, -0.1) is 11.3 Å². The van der Waals surface area contributed by atoms with Gasteiger partial charge in [0.15, 0.2) is 0 Å². The van der Waals surface area contributed by atoms with Gasteiger partial charge in [0.2, 0.25) is 0 Å². The van der Waals surface area contributed by atoms with Gasteiger partial charge in [-0.2, -0.15) is 5.10 Å². The van der Waals surface area contributed by atoms with Crippen molar-refractivity contribution in [1.82, 2.24) is 9.78 Å². The molecule has 2 rings (SSSR count). The van der Waals surface area contributed by atoms with Gasteiger partial charge in [0, 0.05) is 13.1 Å². The molecule has 0 saturated heterocycles. The summed E-state index contributed by atoms with van der Waals surface area (Å²) < 4.78 is 5.65. The number of hydrogen-bond donors (Lipinski definition) is 1. The molecule has 0 atom stereocenters. The van der Waals surface area contributed by atoms with Crippen LogP contribution in [0, 0.1) is 0 Å². The van der Waals surface area contributed by atoms with E-state index in [0.29, 0.717) is 9.88 Å². The summed E-state index contributed by atoms with van der Waals surface area (Å²) in [4.78, 5) is 34.8. The lowest BCUT2D eigenvalue weighted by molar-refractivity contribution is 0.0606. The van der Waals surface area contributed by atoms with Crippen LogP contribution >= 0.6 is 11.3 Å². The number of esters is 1. The molecule has 1 N–H and O–H groups in total. The Morgan fingerprint density at radius 1 is 1.30 bits per heavy atom. The van der Waals surface area contributed by atoms with E-state index in [1.54, 1.807) is 12.1 Å². The van der Waals surface area contributed by atoms with E-state index in [1.165, 1.54) is 26.3 Å². The maximum Gasteiger partial charge on any atom is 0.348 e. The van der Waals surface area contributed by atoms with Gasteiger partial charge in [-0.25, -0.2) is 9.48 Å². The molecular weight excluding hydrogens is 282 g/mol. The quantitative estimate of drug-likeness (QED) is 0.848. The zero-order chi connectivity index (χ0) is 14.7. The summed E-state index contributed by atoms with van der Waals surface area (Å²) in [6.07, 6.45) is 0. The zero-order valence-corrected chi connectivity index (χ0v) is 11.6. The number of aryl methyl sites for hydroxylation is 1. The number of anilines is 1. The van der Waals surface area contributed by atoms with Gasteiger partial charge >= 0.3 is 5.97 Å². The number of methoxy groups -OCH3 is 1. The number of carbonyl (C=O) groups excluding carboxylic acids is 2. The van der Waals surface area contributed by atoms with Gasteiger partial charge in [0.05, 0.1) is 12.1 Å². The molecule has 7 nitrogen and oxygen atoms in total. The van der Waals surface area contributed by atoms with Crippen LogP contribution in [0.4, 0.5) is 5.00 Å². The second-order valence-electron chi connectivity index (χ2n) is 3.79. The van der Waals surface area contributed by atoms with Crippen molar-refractivity contribution < 1.29 is 14.3 Å². The number of carbonyl (C=O) groups is 2. The van der Waals surface area contributed by atoms with Crippen molar-refractivity contribution in [2.45, 2.75) is 0 Å². The number of rotatable bonds is 3. The Morgan fingerprint density at radius 3 is 2.70 bits per heavy atom. The van der Waals surface area contributed by atoms with Crippen LogP contribution in [0.1, 0.15) is 20.2 Å². The Kier molecular flexibility index (Phi) is 3.94. The van der Waals surface area contributed by atoms with Gasteiger partial charge < -0.3 is 10.1 Å². The molecule has 0 bridgehead atoms. The highest BCUT2D eigenvalue weighted by Gasteiger charge is 2.13. The summed E-state index contributed by atoms with van der Waals surface area (Å²) >= 11 is 1.09. The third-order valence-corrected chi connectivity index (χ3v) is 3.40. The molecule has 0 fully saturated rings. The first-order chi connectivity index (χ1) is 9.51. The SMILES string of the molecule is COC(=O)c1ccc(NC(=O)c2ccc(=O)n(C)n2)s1. The van der Waals surface area contributed by atoms with Crippen LogP contribution in [0.2, 0.25) is 0 Å². The maximum absolute atomic E-state index is 11.9. The van der Waals surface area contributed by atoms with E-state index in [0.717, 1.165) is 16.0 Å². The van der Waals surface area contributed by atoms with E-state index in [9.17, 15) is 14.4 Å². The summed E-state index contributed by atoms with van der Waals surface area (Å²) in [7, 11) is 2.74. The lowest BCUT2D eigenvalue weighted by atomic mass is 10.3. The minimum absolute atomic E-state index is 0.111. The highest BCUT2D eigenvalue weighted by molar-refractivity contribution is 7.18. The van der Waals surface area contributed by atoms with Gasteiger partial charge in [-0.1, -0.05) is 0 Å².